The molecule has 0 atom stereocenters. The molecule has 13 aromatic carbocycles. The number of hydrogen-bond donors (Lipinski definition) is 0. The lowest BCUT2D eigenvalue weighted by Gasteiger charge is -2.13. The Kier molecular flexibility index (Phi) is 15.4. The second-order valence-corrected chi connectivity index (χ2v) is 25.5. The molecular weight excluding hydrogens is 1260 g/mol. The van der Waals surface area contributed by atoms with Gasteiger partial charge in [-0.1, -0.05) is 267 Å². The fourth-order valence-electron chi connectivity index (χ4n) is 13.4. The molecule has 19 rings (SSSR count). The summed E-state index contributed by atoms with van der Waals surface area (Å²) in [5, 5.41) is 6.44. The van der Waals surface area contributed by atoms with Gasteiger partial charge < -0.3 is 0 Å². The molecule has 0 spiro atoms. The summed E-state index contributed by atoms with van der Waals surface area (Å²) in [5.74, 6) is 1.38. The van der Waals surface area contributed by atoms with Gasteiger partial charge in [0.1, 0.15) is 22.1 Å². The summed E-state index contributed by atoms with van der Waals surface area (Å²) in [4.78, 5) is 30.8. The monoisotopic (exact) mass is 1310 g/mol. The normalized spacial score (nSPS) is 11.4. The maximum atomic E-state index is 5.28. The van der Waals surface area contributed by atoms with Gasteiger partial charge in [0, 0.05) is 76.8 Å². The minimum atomic E-state index is 0.685. The highest BCUT2D eigenvalue weighted by Crippen LogP contribution is 2.42. The Morgan fingerprint density at radius 2 is 0.480 bits per heavy atom. The van der Waals surface area contributed by atoms with Crippen LogP contribution < -0.4 is 0 Å². The van der Waals surface area contributed by atoms with Crippen LogP contribution in [0.1, 0.15) is 0 Å². The summed E-state index contributed by atoms with van der Waals surface area (Å²) >= 11 is 2.49. The van der Waals surface area contributed by atoms with E-state index in [2.05, 4.69) is 251 Å². The lowest BCUT2D eigenvalue weighted by molar-refractivity contribution is 1.18. The summed E-state index contributed by atoms with van der Waals surface area (Å²) in [6, 6.07) is 113. The first-order chi connectivity index (χ1) is 49.5. The molecule has 0 unspecified atom stereocenters. The first-order valence-electron chi connectivity index (χ1n) is 32.9. The van der Waals surface area contributed by atoms with Crippen LogP contribution in [0.5, 0.6) is 0 Å². The Bertz CT molecular complexity index is 6200. The molecule has 0 saturated heterocycles. The zero-order valence-corrected chi connectivity index (χ0v) is 55.1. The number of benzene rings is 13. The summed E-state index contributed by atoms with van der Waals surface area (Å²) < 4.78 is 18.5. The van der Waals surface area contributed by atoms with E-state index in [9.17, 15) is 0 Å². The van der Waals surface area contributed by atoms with Gasteiger partial charge in [-0.2, -0.15) is 17.5 Å². The Morgan fingerprint density at radius 1 is 0.180 bits per heavy atom. The van der Waals surface area contributed by atoms with Crippen molar-refractivity contribution in [2.45, 2.75) is 0 Å². The maximum Gasteiger partial charge on any atom is 0.160 e. The van der Waals surface area contributed by atoms with E-state index in [1.165, 1.54) is 29.0 Å². The second kappa shape index (κ2) is 25.9. The van der Waals surface area contributed by atoms with Crippen LogP contribution in [0.25, 0.3) is 189 Å². The molecule has 468 valence electrons. The zero-order valence-electron chi connectivity index (χ0n) is 53.5. The molecule has 6 heterocycles. The maximum absolute atomic E-state index is 5.28. The number of nitrogens with zero attached hydrogens (tertiary/aromatic N) is 10. The molecule has 6 aromatic heterocycles. The largest absolute Gasteiger partial charge is 0.247 e. The molecule has 100 heavy (non-hydrogen) atoms. The van der Waals surface area contributed by atoms with Crippen LogP contribution in [0.4, 0.5) is 0 Å². The van der Waals surface area contributed by atoms with Gasteiger partial charge in [0.2, 0.25) is 0 Å². The lowest BCUT2D eigenvalue weighted by Crippen LogP contribution is -1.96. The summed E-state index contributed by atoms with van der Waals surface area (Å²) in [6.07, 6.45) is 0. The molecular formula is C88H54N10S2. The average molecular weight is 1320 g/mol. The number of aromatic nitrogens is 10. The van der Waals surface area contributed by atoms with E-state index in [0.29, 0.717) is 11.6 Å². The van der Waals surface area contributed by atoms with Crippen LogP contribution in [0.15, 0.2) is 328 Å². The predicted molar refractivity (Wildman–Crippen MR) is 411 cm³/mol. The van der Waals surface area contributed by atoms with Crippen molar-refractivity contribution in [2.75, 3.05) is 0 Å². The Morgan fingerprint density at radius 3 is 0.900 bits per heavy atom. The van der Waals surface area contributed by atoms with Crippen LogP contribution in [0.2, 0.25) is 0 Å². The molecule has 0 amide bonds. The van der Waals surface area contributed by atoms with Crippen LogP contribution in [0, 0.1) is 0 Å². The molecule has 0 N–H and O–H groups in total. The third kappa shape index (κ3) is 11.4. The summed E-state index contributed by atoms with van der Waals surface area (Å²) in [7, 11) is 0. The summed E-state index contributed by atoms with van der Waals surface area (Å²) in [5.41, 5.74) is 25.7. The van der Waals surface area contributed by atoms with Crippen molar-refractivity contribution in [3.63, 3.8) is 0 Å². The van der Waals surface area contributed by atoms with Crippen LogP contribution in [-0.2, 0) is 0 Å². The zero-order chi connectivity index (χ0) is 66.3. The van der Waals surface area contributed by atoms with Gasteiger partial charge in [-0.3, -0.25) is 0 Å². The first-order valence-corrected chi connectivity index (χ1v) is 34.4. The van der Waals surface area contributed by atoms with Crippen molar-refractivity contribution < 1.29 is 0 Å². The number of pyridine rings is 2. The molecule has 0 radical (unpaired) electrons. The fraction of sp³-hybridized carbons (Fsp3) is 0. The Balaban J connectivity index is 0.000000145. The minimum Gasteiger partial charge on any atom is -0.247 e. The quantitative estimate of drug-likeness (QED) is 0.115. The standard InChI is InChI=1S/C47H29N5S.C41H25N5S/c1-4-11-30(12-5-1)31-19-21-34(22-20-31)47-49-41(32-13-6-2-7-14-32)29-42(50-47)37-18-10-17-35(27-37)36-23-24-38-43(28-36)48-45(33-15-8-3-9-16-33)39-25-26-40-46(44(38)39)52-53-51-40;1-4-11-26(12-5-1)35-25-36(44-41(43-35)28-15-8-3-9-16-28)31-18-10-17-29(23-31)30-19-20-32-37(24-30)42-39(27-13-6-2-7-14-27)33-21-22-34-40(38(32)33)46-47-45-34/h1-29H;1-25H. The molecule has 0 aliphatic carbocycles. The van der Waals surface area contributed by atoms with E-state index in [0.717, 1.165) is 172 Å². The molecule has 19 aromatic rings. The van der Waals surface area contributed by atoms with Gasteiger partial charge in [-0.25, -0.2) is 29.9 Å². The van der Waals surface area contributed by atoms with Gasteiger partial charge in [-0.05, 0) is 94.0 Å². The van der Waals surface area contributed by atoms with E-state index in [-0.39, 0.29) is 0 Å². The Hall–Kier alpha value is -13.0. The van der Waals surface area contributed by atoms with Crippen LogP contribution in [-0.4, -0.2) is 47.4 Å². The molecule has 0 bridgehead atoms. The van der Waals surface area contributed by atoms with E-state index < -0.39 is 0 Å². The summed E-state index contributed by atoms with van der Waals surface area (Å²) in [6.45, 7) is 0. The first kappa shape index (κ1) is 59.5. The van der Waals surface area contributed by atoms with Crippen molar-refractivity contribution in [3.8, 4) is 124 Å². The fourth-order valence-corrected chi connectivity index (χ4v) is 14.5. The minimum absolute atomic E-state index is 0.685. The van der Waals surface area contributed by atoms with E-state index in [1.54, 1.807) is 0 Å². The van der Waals surface area contributed by atoms with Gasteiger partial charge >= 0.3 is 0 Å². The molecule has 10 nitrogen and oxygen atoms in total. The highest BCUT2D eigenvalue weighted by atomic mass is 32.1. The van der Waals surface area contributed by atoms with E-state index in [1.807, 2.05) is 84.9 Å². The van der Waals surface area contributed by atoms with E-state index in [4.69, 9.17) is 38.7 Å². The van der Waals surface area contributed by atoms with Crippen molar-refractivity contribution in [2.24, 2.45) is 0 Å². The van der Waals surface area contributed by atoms with Gasteiger partial charge in [-0.15, -0.1) is 0 Å². The molecule has 0 fully saturated rings. The number of hydrogen-bond acceptors (Lipinski definition) is 12. The highest BCUT2D eigenvalue weighted by Gasteiger charge is 2.20. The third-order valence-corrected chi connectivity index (χ3v) is 19.4. The van der Waals surface area contributed by atoms with Crippen molar-refractivity contribution in [3.05, 3.63) is 328 Å². The topological polar surface area (TPSA) is 129 Å². The Labute approximate surface area is 583 Å². The number of fused-ring (bicyclic) bond motifs is 10. The predicted octanol–water partition coefficient (Wildman–Crippen LogP) is 22.7. The van der Waals surface area contributed by atoms with Gasteiger partial charge in [0.05, 0.1) is 68.7 Å². The smallest absolute Gasteiger partial charge is 0.160 e. The van der Waals surface area contributed by atoms with Crippen molar-refractivity contribution in [1.29, 1.82) is 0 Å². The molecule has 0 aliphatic heterocycles. The average Bonchev–Trinajstić information content (AvgIpc) is 1.19. The second-order valence-electron chi connectivity index (χ2n) is 24.5. The number of rotatable bonds is 11. The molecule has 0 aliphatic rings. The van der Waals surface area contributed by atoms with Crippen molar-refractivity contribution >= 4 is 88.9 Å². The molecule has 0 saturated carbocycles. The SMILES string of the molecule is c1ccc(-c2cc(-c3cccc(-c4ccc5c(c4)nc(-c4ccccc4)c4ccc6nsnc6c45)c3)nc(-c3ccccc3)n2)cc1.c1ccc(-c2ccc(-c3nc(-c4ccccc4)cc(-c4cccc(-c5ccc6c(c5)nc(-c5ccccc5)c5ccc7nsnc7c56)c4)n3)cc2)cc1. The van der Waals surface area contributed by atoms with Crippen LogP contribution in [0.3, 0.4) is 0 Å². The van der Waals surface area contributed by atoms with Gasteiger partial charge in [0.15, 0.2) is 11.6 Å². The highest BCUT2D eigenvalue weighted by molar-refractivity contribution is 7.00. The van der Waals surface area contributed by atoms with E-state index >= 15 is 0 Å². The lowest BCUT2D eigenvalue weighted by atomic mass is 9.96. The van der Waals surface area contributed by atoms with Crippen LogP contribution >= 0.6 is 23.5 Å². The van der Waals surface area contributed by atoms with Gasteiger partial charge in [0.25, 0.3) is 0 Å². The third-order valence-electron chi connectivity index (χ3n) is 18.3. The molecule has 12 heteroatoms. The van der Waals surface area contributed by atoms with Crippen molar-refractivity contribution in [1.82, 2.24) is 47.4 Å².